The molecule has 3 aliphatic rings. The van der Waals surface area contributed by atoms with E-state index in [1.54, 1.807) is 30.3 Å². The first-order valence-corrected chi connectivity index (χ1v) is 17.6. The van der Waals surface area contributed by atoms with E-state index in [0.717, 1.165) is 16.7 Å². The van der Waals surface area contributed by atoms with Crippen LogP contribution in [-0.4, -0.2) is 79.4 Å². The molecule has 1 N–H and O–H groups in total. The third-order valence-corrected chi connectivity index (χ3v) is 10.5. The van der Waals surface area contributed by atoms with Crippen molar-refractivity contribution >= 4 is 29.2 Å². The SMILES string of the molecule is COc1cc(/C(=C\c2ccc([N+](=O)[O-])cc2)C(=O)NC[C@@H]2c3cc4c(cc3[C@@H](c3cc(OC)c(OC)c(OC)c3)[C@H]3C(=O)OC[C@@H]32)OCO4)cc(OC)c1OC. The lowest BCUT2D eigenvalue weighted by atomic mass is 9.62. The van der Waals surface area contributed by atoms with Crippen LogP contribution >= 0.6 is 0 Å². The second kappa shape index (κ2) is 15.6. The van der Waals surface area contributed by atoms with Gasteiger partial charge in [-0.05, 0) is 82.4 Å². The third-order valence-electron chi connectivity index (χ3n) is 10.5. The van der Waals surface area contributed by atoms with Crippen molar-refractivity contribution in [3.05, 3.63) is 98.6 Å². The molecule has 1 fully saturated rings. The molecule has 0 spiro atoms. The largest absolute Gasteiger partial charge is 0.493 e. The van der Waals surface area contributed by atoms with Gasteiger partial charge in [0.15, 0.2) is 34.5 Å². The van der Waals surface area contributed by atoms with E-state index in [4.69, 9.17) is 42.6 Å². The molecule has 292 valence electrons. The summed E-state index contributed by atoms with van der Waals surface area (Å²) in [6, 6.07) is 16.6. The fourth-order valence-corrected chi connectivity index (χ4v) is 7.89. The first kappa shape index (κ1) is 37.7. The lowest BCUT2D eigenvalue weighted by Gasteiger charge is -2.39. The first-order valence-electron chi connectivity index (χ1n) is 17.6. The van der Waals surface area contributed by atoms with Gasteiger partial charge in [0.05, 0.1) is 60.1 Å². The van der Waals surface area contributed by atoms with Crippen LogP contribution in [0.5, 0.6) is 46.0 Å². The first-order chi connectivity index (χ1) is 27.1. The average molecular weight is 769 g/mol. The summed E-state index contributed by atoms with van der Waals surface area (Å²) in [5.74, 6) is 0.595. The number of nitro groups is 1. The highest BCUT2D eigenvalue weighted by Crippen LogP contribution is 2.56. The molecule has 15 nitrogen and oxygen atoms in total. The van der Waals surface area contributed by atoms with E-state index >= 15 is 0 Å². The average Bonchev–Trinajstić information content (AvgIpc) is 3.85. The predicted molar refractivity (Wildman–Crippen MR) is 201 cm³/mol. The van der Waals surface area contributed by atoms with E-state index in [1.807, 2.05) is 24.3 Å². The summed E-state index contributed by atoms with van der Waals surface area (Å²) in [6.45, 7) is 0.263. The normalized spacial score (nSPS) is 19.2. The van der Waals surface area contributed by atoms with Crippen LogP contribution in [0, 0.1) is 22.0 Å². The smallest absolute Gasteiger partial charge is 0.310 e. The summed E-state index contributed by atoms with van der Waals surface area (Å²) in [6.07, 6.45) is 1.62. The van der Waals surface area contributed by atoms with Crippen LogP contribution in [0.1, 0.15) is 39.7 Å². The minimum atomic E-state index is -0.641. The van der Waals surface area contributed by atoms with Gasteiger partial charge in [-0.15, -0.1) is 0 Å². The Labute approximate surface area is 322 Å². The summed E-state index contributed by atoms with van der Waals surface area (Å²) in [5.41, 5.74) is 3.48. The van der Waals surface area contributed by atoms with Crippen LogP contribution in [0.4, 0.5) is 5.69 Å². The molecule has 0 radical (unpaired) electrons. The van der Waals surface area contributed by atoms with Gasteiger partial charge in [-0.2, -0.15) is 0 Å². The zero-order chi connectivity index (χ0) is 39.7. The monoisotopic (exact) mass is 768 g/mol. The second-order valence-corrected chi connectivity index (χ2v) is 13.2. The number of cyclic esters (lactones) is 1. The minimum absolute atomic E-state index is 0.0367. The van der Waals surface area contributed by atoms with E-state index in [9.17, 15) is 19.7 Å². The maximum atomic E-state index is 14.5. The van der Waals surface area contributed by atoms with Gasteiger partial charge in [-0.1, -0.05) is 0 Å². The number of hydrogen-bond acceptors (Lipinski definition) is 13. The van der Waals surface area contributed by atoms with Crippen molar-refractivity contribution in [3.8, 4) is 46.0 Å². The van der Waals surface area contributed by atoms with E-state index < -0.39 is 28.6 Å². The van der Waals surface area contributed by atoms with Crippen molar-refractivity contribution < 1.29 is 57.1 Å². The summed E-state index contributed by atoms with van der Waals surface area (Å²) < 4.78 is 51.0. The highest BCUT2D eigenvalue weighted by molar-refractivity contribution is 6.24. The number of carbonyl (C=O) groups is 2. The molecule has 2 heterocycles. The number of amides is 1. The second-order valence-electron chi connectivity index (χ2n) is 13.2. The maximum absolute atomic E-state index is 14.5. The highest BCUT2D eigenvalue weighted by atomic mass is 16.7. The zero-order valence-corrected chi connectivity index (χ0v) is 31.5. The van der Waals surface area contributed by atoms with Gasteiger partial charge in [0.1, 0.15) is 0 Å². The van der Waals surface area contributed by atoms with E-state index in [1.165, 1.54) is 54.8 Å². The summed E-state index contributed by atoms with van der Waals surface area (Å²) >= 11 is 0. The van der Waals surface area contributed by atoms with E-state index in [2.05, 4.69) is 5.32 Å². The quantitative estimate of drug-likeness (QED) is 0.0574. The standard InChI is InChI=1S/C41H40N2O13/c1-48-32-12-22(13-33(49-2)38(32)52-5)25(11-21-7-9-24(10-8-21)43(46)47)40(44)42-18-28-26-16-30-31(56-20-55-30)17-27(26)36(37-29(28)19-54-41(37)45)23-14-34(50-3)39(53-6)35(15-23)51-4/h7-17,28-29,36-37H,18-20H2,1-6H3,(H,42,44)/b25-11+/t28-,29-,36-,37+/m1/s1. The van der Waals surface area contributed by atoms with Crippen molar-refractivity contribution in [2.24, 2.45) is 11.8 Å². The number of carbonyl (C=O) groups excluding carboxylic acids is 2. The molecule has 1 saturated heterocycles. The van der Waals surface area contributed by atoms with Crippen molar-refractivity contribution in [2.75, 3.05) is 62.6 Å². The summed E-state index contributed by atoms with van der Waals surface area (Å²) in [7, 11) is 9.00. The highest BCUT2D eigenvalue weighted by Gasteiger charge is 2.52. The van der Waals surface area contributed by atoms with Gasteiger partial charge < -0.3 is 47.9 Å². The Bertz CT molecular complexity index is 2170. The number of nitrogens with one attached hydrogen (secondary N) is 1. The van der Waals surface area contributed by atoms with Gasteiger partial charge in [0, 0.05) is 42.0 Å². The number of esters is 1. The van der Waals surface area contributed by atoms with Crippen LogP contribution in [0.15, 0.2) is 60.7 Å². The number of methoxy groups -OCH3 is 6. The predicted octanol–water partition coefficient (Wildman–Crippen LogP) is 5.75. The van der Waals surface area contributed by atoms with Gasteiger partial charge in [0.2, 0.25) is 18.3 Å². The van der Waals surface area contributed by atoms with Crippen LogP contribution in [0.25, 0.3) is 11.6 Å². The number of rotatable bonds is 13. The Balaban J connectivity index is 1.31. The molecule has 7 rings (SSSR count). The minimum Gasteiger partial charge on any atom is -0.493 e. The Morgan fingerprint density at radius 1 is 0.786 bits per heavy atom. The van der Waals surface area contributed by atoms with E-state index in [-0.39, 0.29) is 43.1 Å². The Kier molecular flexibility index (Phi) is 10.5. The molecular weight excluding hydrogens is 728 g/mol. The van der Waals surface area contributed by atoms with E-state index in [0.29, 0.717) is 57.1 Å². The summed E-state index contributed by atoms with van der Waals surface area (Å²) in [5, 5.41) is 14.5. The van der Waals surface area contributed by atoms with Crippen molar-refractivity contribution in [1.82, 2.24) is 5.32 Å². The topological polar surface area (TPSA) is 172 Å². The van der Waals surface area contributed by atoms with Crippen molar-refractivity contribution in [2.45, 2.75) is 11.8 Å². The molecule has 1 aliphatic carbocycles. The Morgan fingerprint density at radius 2 is 1.34 bits per heavy atom. The molecule has 0 saturated carbocycles. The number of ether oxygens (including phenoxy) is 9. The molecule has 0 unspecified atom stereocenters. The van der Waals surface area contributed by atoms with Gasteiger partial charge in [-0.3, -0.25) is 19.7 Å². The molecule has 4 atom stereocenters. The van der Waals surface area contributed by atoms with Crippen molar-refractivity contribution in [3.63, 3.8) is 0 Å². The molecule has 1 amide bonds. The van der Waals surface area contributed by atoms with Gasteiger partial charge in [0.25, 0.3) is 11.6 Å². The van der Waals surface area contributed by atoms with Crippen LogP contribution in [0.3, 0.4) is 0 Å². The van der Waals surface area contributed by atoms with Crippen LogP contribution in [0.2, 0.25) is 0 Å². The van der Waals surface area contributed by atoms with Crippen LogP contribution < -0.4 is 43.2 Å². The van der Waals surface area contributed by atoms with Gasteiger partial charge in [-0.25, -0.2) is 0 Å². The van der Waals surface area contributed by atoms with Crippen LogP contribution in [-0.2, 0) is 14.3 Å². The number of nitrogens with zero attached hydrogens (tertiary/aromatic N) is 1. The Morgan fingerprint density at radius 3 is 1.88 bits per heavy atom. The fraction of sp³-hybridized carbons (Fsp3) is 0.317. The van der Waals surface area contributed by atoms with Gasteiger partial charge >= 0.3 is 5.97 Å². The fourth-order valence-electron chi connectivity index (χ4n) is 7.89. The third kappa shape index (κ3) is 6.69. The lowest BCUT2D eigenvalue weighted by molar-refractivity contribution is -0.384. The number of benzene rings is 4. The summed E-state index contributed by atoms with van der Waals surface area (Å²) in [4.78, 5) is 39.1. The molecule has 56 heavy (non-hydrogen) atoms. The number of nitro benzene ring substituents is 1. The molecule has 0 aromatic heterocycles. The number of non-ortho nitro benzene ring substituents is 1. The molecule has 0 bridgehead atoms. The molecular formula is C41H40N2O13. The molecule has 15 heteroatoms. The Hall–Kier alpha value is -6.64. The number of hydrogen-bond donors (Lipinski definition) is 1. The molecule has 4 aromatic rings. The zero-order valence-electron chi connectivity index (χ0n) is 31.5. The number of fused-ring (bicyclic) bond motifs is 3. The maximum Gasteiger partial charge on any atom is 0.310 e. The molecule has 4 aromatic carbocycles. The molecule has 2 aliphatic heterocycles. The van der Waals surface area contributed by atoms with Crippen molar-refractivity contribution in [1.29, 1.82) is 0 Å². The lowest BCUT2D eigenvalue weighted by Crippen LogP contribution is -2.40.